The molecule has 23 heavy (non-hydrogen) atoms. The molecular weight excluding hydrogens is 368 g/mol. The molecule has 0 aliphatic heterocycles. The second-order valence-corrected chi connectivity index (χ2v) is 6.88. The highest BCUT2D eigenvalue weighted by Crippen LogP contribution is 2.21. The Balaban J connectivity index is 2.11. The van der Waals surface area contributed by atoms with E-state index in [1.54, 1.807) is 32.9 Å². The minimum atomic E-state index is -1.20. The Morgan fingerprint density at radius 1 is 1.43 bits per heavy atom. The Hall–Kier alpha value is -2.09. The summed E-state index contributed by atoms with van der Waals surface area (Å²) in [6.45, 7) is 5.09. The lowest BCUT2D eigenvalue weighted by atomic mass is 10.2. The number of hydrogen-bond acceptors (Lipinski definition) is 5. The highest BCUT2D eigenvalue weighted by Gasteiger charge is 2.26. The van der Waals surface area contributed by atoms with Crippen LogP contribution in [0.1, 0.15) is 26.7 Å². The topological polar surface area (TPSA) is 102 Å². The summed E-state index contributed by atoms with van der Waals surface area (Å²) in [7, 11) is 0. The van der Waals surface area contributed by atoms with E-state index in [1.807, 2.05) is 6.07 Å². The molecule has 0 radical (unpaired) electrons. The quantitative estimate of drug-likeness (QED) is 0.839. The molecule has 1 aromatic heterocycles. The van der Waals surface area contributed by atoms with Gasteiger partial charge in [0.25, 0.3) is 0 Å². The molecule has 1 heterocycles. The average Bonchev–Trinajstić information content (AvgIpc) is 2.76. The van der Waals surface area contributed by atoms with Crippen LogP contribution in [0.3, 0.4) is 0 Å². The van der Waals surface area contributed by atoms with Crippen LogP contribution in [-0.2, 0) is 16.0 Å². The maximum absolute atomic E-state index is 11.7. The Kier molecular flexibility index (Phi) is 4.93. The van der Waals surface area contributed by atoms with Crippen molar-refractivity contribution < 1.29 is 23.8 Å². The molecule has 1 amide bonds. The molecule has 8 heteroatoms. The zero-order valence-electron chi connectivity index (χ0n) is 12.9. The molecule has 0 spiro atoms. The minimum Gasteiger partial charge on any atom is -0.480 e. The Morgan fingerprint density at radius 2 is 2.13 bits per heavy atom. The fraction of sp³-hybridized carbons (Fsp3) is 0.400. The first-order valence-corrected chi connectivity index (χ1v) is 7.70. The first-order valence-electron chi connectivity index (χ1n) is 6.91. The highest BCUT2D eigenvalue weighted by molar-refractivity contribution is 9.10. The van der Waals surface area contributed by atoms with Crippen LogP contribution < -0.4 is 5.32 Å². The van der Waals surface area contributed by atoms with Gasteiger partial charge in [-0.2, -0.15) is 0 Å². The fourth-order valence-corrected chi connectivity index (χ4v) is 2.20. The van der Waals surface area contributed by atoms with Gasteiger partial charge in [-0.15, -0.1) is 0 Å². The summed E-state index contributed by atoms with van der Waals surface area (Å²) in [4.78, 5) is 27.3. The number of hydrogen-bond donors (Lipinski definition) is 2. The Labute approximate surface area is 141 Å². The number of rotatable bonds is 4. The lowest BCUT2D eigenvalue weighted by molar-refractivity contribution is -0.139. The smallest absolute Gasteiger partial charge is 0.408 e. The van der Waals surface area contributed by atoms with E-state index in [9.17, 15) is 14.7 Å². The number of alkyl carbamates (subject to hydrolysis) is 1. The number of oxazole rings is 1. The Morgan fingerprint density at radius 3 is 2.74 bits per heavy atom. The molecule has 0 fully saturated rings. The van der Waals surface area contributed by atoms with Crippen LogP contribution in [0.2, 0.25) is 0 Å². The summed E-state index contributed by atoms with van der Waals surface area (Å²) in [6, 6.07) is 4.11. The van der Waals surface area contributed by atoms with Gasteiger partial charge in [0.1, 0.15) is 17.2 Å². The zero-order valence-corrected chi connectivity index (χ0v) is 14.5. The number of halogens is 1. The van der Waals surface area contributed by atoms with E-state index in [2.05, 4.69) is 26.2 Å². The van der Waals surface area contributed by atoms with Crippen LogP contribution in [0.15, 0.2) is 27.1 Å². The predicted molar refractivity (Wildman–Crippen MR) is 86.2 cm³/mol. The van der Waals surface area contributed by atoms with Crippen LogP contribution in [0.25, 0.3) is 11.1 Å². The van der Waals surface area contributed by atoms with Crippen molar-refractivity contribution in [1.29, 1.82) is 0 Å². The number of carboxylic acid groups (broad SMARTS) is 1. The van der Waals surface area contributed by atoms with Crippen molar-refractivity contribution in [2.45, 2.75) is 38.8 Å². The molecule has 2 rings (SSSR count). The number of benzene rings is 1. The van der Waals surface area contributed by atoms with Crippen molar-refractivity contribution >= 4 is 39.1 Å². The number of carbonyl (C=O) groups excluding carboxylic acids is 1. The number of aliphatic carboxylic acids is 1. The molecule has 0 aliphatic rings. The first-order chi connectivity index (χ1) is 10.6. The molecule has 0 bridgehead atoms. The van der Waals surface area contributed by atoms with Gasteiger partial charge in [0, 0.05) is 4.47 Å². The molecule has 0 saturated heterocycles. The minimum absolute atomic E-state index is 0.0825. The number of nitrogens with one attached hydrogen (secondary N) is 1. The molecule has 0 unspecified atom stereocenters. The van der Waals surface area contributed by atoms with E-state index in [1.165, 1.54) is 0 Å². The van der Waals surface area contributed by atoms with Gasteiger partial charge in [0.05, 0.1) is 6.42 Å². The third kappa shape index (κ3) is 4.95. The third-order valence-corrected chi connectivity index (χ3v) is 3.26. The SMILES string of the molecule is CC(C)(C)OC(=O)N[C@@H](Cc1nc2ccc(Br)cc2o1)C(=O)O. The van der Waals surface area contributed by atoms with Gasteiger partial charge in [0.15, 0.2) is 11.5 Å². The Bertz CT molecular complexity index is 735. The van der Waals surface area contributed by atoms with E-state index >= 15 is 0 Å². The highest BCUT2D eigenvalue weighted by atomic mass is 79.9. The molecule has 0 aliphatic carbocycles. The number of nitrogens with zero attached hydrogens (tertiary/aromatic N) is 1. The van der Waals surface area contributed by atoms with Gasteiger partial charge in [-0.25, -0.2) is 14.6 Å². The summed E-state index contributed by atoms with van der Waals surface area (Å²) < 4.78 is 11.4. The monoisotopic (exact) mass is 384 g/mol. The van der Waals surface area contributed by atoms with E-state index in [0.717, 1.165) is 4.47 Å². The van der Waals surface area contributed by atoms with Gasteiger partial charge in [0.2, 0.25) is 0 Å². The molecule has 2 N–H and O–H groups in total. The van der Waals surface area contributed by atoms with Gasteiger partial charge in [-0.05, 0) is 39.0 Å². The van der Waals surface area contributed by atoms with Crippen molar-refractivity contribution in [3.8, 4) is 0 Å². The lowest BCUT2D eigenvalue weighted by Gasteiger charge is -2.21. The second-order valence-electron chi connectivity index (χ2n) is 5.96. The van der Waals surface area contributed by atoms with E-state index in [0.29, 0.717) is 11.1 Å². The van der Waals surface area contributed by atoms with Gasteiger partial charge in [-0.3, -0.25) is 0 Å². The van der Waals surface area contributed by atoms with Crippen molar-refractivity contribution in [3.05, 3.63) is 28.6 Å². The summed E-state index contributed by atoms with van der Waals surface area (Å²) >= 11 is 3.32. The average molecular weight is 385 g/mol. The number of fused-ring (bicyclic) bond motifs is 1. The standard InChI is InChI=1S/C15H17BrN2O5/c1-15(2,3)23-14(21)18-10(13(19)20)7-12-17-9-5-4-8(16)6-11(9)22-12/h4-6,10H,7H2,1-3H3,(H,18,21)(H,19,20)/t10-/m0/s1. The zero-order chi connectivity index (χ0) is 17.2. The summed E-state index contributed by atoms with van der Waals surface area (Å²) in [5.74, 6) is -0.971. The molecule has 2 aromatic rings. The van der Waals surface area contributed by atoms with Crippen molar-refractivity contribution in [1.82, 2.24) is 10.3 Å². The van der Waals surface area contributed by atoms with Crippen LogP contribution in [0, 0.1) is 0 Å². The predicted octanol–water partition coefficient (Wildman–Crippen LogP) is 3.11. The fourth-order valence-electron chi connectivity index (χ4n) is 1.86. The second kappa shape index (κ2) is 6.57. The molecule has 1 aromatic carbocycles. The van der Waals surface area contributed by atoms with E-state index in [-0.39, 0.29) is 12.3 Å². The molecule has 1 atom stereocenters. The number of carbonyl (C=O) groups is 2. The van der Waals surface area contributed by atoms with Crippen LogP contribution in [0.4, 0.5) is 4.79 Å². The van der Waals surface area contributed by atoms with E-state index in [4.69, 9.17) is 9.15 Å². The van der Waals surface area contributed by atoms with Gasteiger partial charge < -0.3 is 19.6 Å². The number of amides is 1. The van der Waals surface area contributed by atoms with E-state index < -0.39 is 23.7 Å². The normalized spacial score (nSPS) is 12.9. The number of carboxylic acids is 1. The van der Waals surface area contributed by atoms with Crippen molar-refractivity contribution in [3.63, 3.8) is 0 Å². The van der Waals surface area contributed by atoms with Crippen LogP contribution in [0.5, 0.6) is 0 Å². The molecular formula is C15H17BrN2O5. The molecule has 124 valence electrons. The maximum Gasteiger partial charge on any atom is 0.408 e. The summed E-state index contributed by atoms with van der Waals surface area (Å²) in [6.07, 6.45) is -0.885. The molecule has 7 nitrogen and oxygen atoms in total. The summed E-state index contributed by atoms with van der Waals surface area (Å²) in [5, 5.41) is 11.6. The number of aromatic nitrogens is 1. The van der Waals surface area contributed by atoms with Gasteiger partial charge in [-0.1, -0.05) is 15.9 Å². The first kappa shape index (κ1) is 17.3. The van der Waals surface area contributed by atoms with Gasteiger partial charge >= 0.3 is 12.1 Å². The third-order valence-electron chi connectivity index (χ3n) is 2.76. The van der Waals surface area contributed by atoms with Crippen molar-refractivity contribution in [2.24, 2.45) is 0 Å². The largest absolute Gasteiger partial charge is 0.480 e. The lowest BCUT2D eigenvalue weighted by Crippen LogP contribution is -2.44. The summed E-state index contributed by atoms with van der Waals surface area (Å²) in [5.41, 5.74) is 0.442. The van der Waals surface area contributed by atoms with Crippen LogP contribution >= 0.6 is 15.9 Å². The molecule has 0 saturated carbocycles. The van der Waals surface area contributed by atoms with Crippen molar-refractivity contribution in [2.75, 3.05) is 0 Å². The maximum atomic E-state index is 11.7. The van der Waals surface area contributed by atoms with Crippen LogP contribution in [-0.4, -0.2) is 33.8 Å². The number of ether oxygens (including phenoxy) is 1.